The van der Waals surface area contributed by atoms with E-state index in [0.717, 1.165) is 0 Å². The Kier molecular flexibility index (Phi) is 4.86. The number of alkyl halides is 3. The molecule has 0 aliphatic rings. The first kappa shape index (κ1) is 13.2. The number of halogens is 3. The fourth-order valence-corrected chi connectivity index (χ4v) is 0.590. The minimum Gasteiger partial charge on any atom is -0.463 e. The molecule has 0 bridgehead atoms. The summed E-state index contributed by atoms with van der Waals surface area (Å²) in [7, 11) is 0. The molecule has 0 aliphatic carbocycles. The van der Waals surface area contributed by atoms with Gasteiger partial charge in [-0.05, 0) is 0 Å². The normalized spacial score (nSPS) is 16.1. The van der Waals surface area contributed by atoms with Gasteiger partial charge in [-0.3, -0.25) is 4.79 Å². The van der Waals surface area contributed by atoms with Crippen molar-refractivity contribution in [3.8, 4) is 0 Å². The summed E-state index contributed by atoms with van der Waals surface area (Å²) in [5.74, 6) is -0.738. The number of hydrogen-bond acceptors (Lipinski definition) is 4. The Hall–Kier alpha value is -0.820. The molecule has 0 amide bonds. The van der Waals surface area contributed by atoms with Crippen LogP contribution in [0.1, 0.15) is 13.3 Å². The van der Waals surface area contributed by atoms with Crippen LogP contribution in [0.25, 0.3) is 0 Å². The third-order valence-corrected chi connectivity index (χ3v) is 1.40. The van der Waals surface area contributed by atoms with Crippen LogP contribution >= 0.6 is 0 Å². The molecule has 0 spiro atoms. The lowest BCUT2D eigenvalue weighted by atomic mass is 10.2. The Morgan fingerprint density at radius 2 is 1.93 bits per heavy atom. The van der Waals surface area contributed by atoms with Gasteiger partial charge in [0.2, 0.25) is 0 Å². The number of hydrogen-bond donors (Lipinski definition) is 2. The van der Waals surface area contributed by atoms with Gasteiger partial charge in [0, 0.05) is 6.42 Å². The van der Waals surface area contributed by atoms with Crippen LogP contribution < -0.4 is 0 Å². The standard InChI is InChI=1S/C7H11F3O4/c1-2-5(12)14-3-4(11)6(13)7(8,9)10/h4,6,11,13H,2-3H2,1H3/t4-,6-/m1/s1. The smallest absolute Gasteiger partial charge is 0.417 e. The molecular formula is C7H11F3O4. The van der Waals surface area contributed by atoms with Crippen molar-refractivity contribution in [2.24, 2.45) is 0 Å². The van der Waals surface area contributed by atoms with E-state index >= 15 is 0 Å². The minimum absolute atomic E-state index is 0.00513. The molecule has 0 radical (unpaired) electrons. The van der Waals surface area contributed by atoms with Gasteiger partial charge in [0.05, 0.1) is 0 Å². The van der Waals surface area contributed by atoms with E-state index in [1.165, 1.54) is 6.92 Å². The molecule has 0 aromatic carbocycles. The summed E-state index contributed by atoms with van der Waals surface area (Å²) < 4.78 is 39.5. The minimum atomic E-state index is -4.92. The Morgan fingerprint density at radius 3 is 2.29 bits per heavy atom. The van der Waals surface area contributed by atoms with Crippen LogP contribution in [-0.2, 0) is 9.53 Å². The average molecular weight is 216 g/mol. The van der Waals surface area contributed by atoms with E-state index in [1.54, 1.807) is 0 Å². The Bertz CT molecular complexity index is 192. The van der Waals surface area contributed by atoms with Crippen molar-refractivity contribution in [1.29, 1.82) is 0 Å². The summed E-state index contributed by atoms with van der Waals surface area (Å²) in [5.41, 5.74) is 0. The molecule has 0 saturated carbocycles. The molecule has 0 aromatic heterocycles. The lowest BCUT2D eigenvalue weighted by molar-refractivity contribution is -0.235. The second-order valence-corrected chi connectivity index (χ2v) is 2.59. The Morgan fingerprint density at radius 1 is 1.43 bits per heavy atom. The Balaban J connectivity index is 3.96. The van der Waals surface area contributed by atoms with Crippen LogP contribution in [-0.4, -0.2) is 41.2 Å². The number of ether oxygens (including phenoxy) is 1. The summed E-state index contributed by atoms with van der Waals surface area (Å²) in [6.07, 6.45) is -9.97. The van der Waals surface area contributed by atoms with Crippen molar-refractivity contribution in [2.45, 2.75) is 31.7 Å². The van der Waals surface area contributed by atoms with Gasteiger partial charge in [-0.1, -0.05) is 6.92 Å². The van der Waals surface area contributed by atoms with Crippen molar-refractivity contribution in [3.63, 3.8) is 0 Å². The fraction of sp³-hybridized carbons (Fsp3) is 0.857. The zero-order chi connectivity index (χ0) is 11.4. The molecule has 0 fully saturated rings. The zero-order valence-electron chi connectivity index (χ0n) is 7.41. The molecule has 0 aromatic rings. The lowest BCUT2D eigenvalue weighted by Gasteiger charge is -2.19. The molecule has 7 heteroatoms. The topological polar surface area (TPSA) is 66.8 Å². The molecular weight excluding hydrogens is 205 g/mol. The first-order valence-corrected chi connectivity index (χ1v) is 3.87. The highest BCUT2D eigenvalue weighted by Gasteiger charge is 2.43. The van der Waals surface area contributed by atoms with Crippen molar-refractivity contribution in [3.05, 3.63) is 0 Å². The van der Waals surface area contributed by atoms with Crippen LogP contribution in [0.15, 0.2) is 0 Å². The van der Waals surface area contributed by atoms with E-state index in [-0.39, 0.29) is 6.42 Å². The first-order chi connectivity index (χ1) is 6.29. The molecule has 0 heterocycles. The zero-order valence-corrected chi connectivity index (χ0v) is 7.41. The number of carbonyl (C=O) groups is 1. The predicted molar refractivity (Wildman–Crippen MR) is 39.3 cm³/mol. The second kappa shape index (κ2) is 5.16. The number of aliphatic hydroxyl groups is 2. The van der Waals surface area contributed by atoms with E-state index in [0.29, 0.717) is 0 Å². The van der Waals surface area contributed by atoms with Crippen LogP contribution in [0.2, 0.25) is 0 Å². The quantitative estimate of drug-likeness (QED) is 0.660. The molecule has 0 saturated heterocycles. The van der Waals surface area contributed by atoms with Crippen LogP contribution in [0.5, 0.6) is 0 Å². The number of carbonyl (C=O) groups excluding carboxylic acids is 1. The summed E-state index contributed by atoms with van der Waals surface area (Å²) in [6, 6.07) is 0. The van der Waals surface area contributed by atoms with E-state index in [4.69, 9.17) is 10.2 Å². The molecule has 84 valence electrons. The van der Waals surface area contributed by atoms with Crippen LogP contribution in [0.3, 0.4) is 0 Å². The van der Waals surface area contributed by atoms with Gasteiger partial charge in [-0.15, -0.1) is 0 Å². The number of esters is 1. The van der Waals surface area contributed by atoms with Crippen molar-refractivity contribution >= 4 is 5.97 Å². The van der Waals surface area contributed by atoms with Gasteiger partial charge in [0.1, 0.15) is 12.7 Å². The third-order valence-electron chi connectivity index (χ3n) is 1.40. The highest BCUT2D eigenvalue weighted by atomic mass is 19.4. The predicted octanol–water partition coefficient (Wildman–Crippen LogP) is 0.224. The molecule has 0 aliphatic heterocycles. The maximum atomic E-state index is 11.8. The summed E-state index contributed by atoms with van der Waals surface area (Å²) in [5, 5.41) is 17.2. The Labute approximate surface area is 78.3 Å². The molecule has 0 unspecified atom stereocenters. The van der Waals surface area contributed by atoms with E-state index in [2.05, 4.69) is 4.74 Å². The SMILES string of the molecule is CCC(=O)OC[C@@H](O)[C@@H](O)C(F)(F)F. The van der Waals surface area contributed by atoms with Crippen molar-refractivity contribution in [2.75, 3.05) is 6.61 Å². The van der Waals surface area contributed by atoms with Gasteiger partial charge in [-0.25, -0.2) is 0 Å². The monoisotopic (exact) mass is 216 g/mol. The van der Waals surface area contributed by atoms with Gasteiger partial charge in [0.25, 0.3) is 0 Å². The summed E-state index contributed by atoms with van der Waals surface area (Å²) >= 11 is 0. The highest BCUT2D eigenvalue weighted by Crippen LogP contribution is 2.22. The van der Waals surface area contributed by atoms with Gasteiger partial charge in [-0.2, -0.15) is 13.2 Å². The van der Waals surface area contributed by atoms with Crippen molar-refractivity contribution < 1.29 is 32.9 Å². The third kappa shape index (κ3) is 4.43. The van der Waals surface area contributed by atoms with E-state index in [1.807, 2.05) is 0 Å². The fourth-order valence-electron chi connectivity index (χ4n) is 0.590. The summed E-state index contributed by atoms with van der Waals surface area (Å²) in [6.45, 7) is 0.586. The first-order valence-electron chi connectivity index (χ1n) is 3.87. The maximum absolute atomic E-state index is 11.8. The lowest BCUT2D eigenvalue weighted by Crippen LogP contribution is -2.42. The van der Waals surface area contributed by atoms with Gasteiger partial charge < -0.3 is 14.9 Å². The van der Waals surface area contributed by atoms with Crippen LogP contribution in [0.4, 0.5) is 13.2 Å². The molecule has 2 atom stereocenters. The molecule has 2 N–H and O–H groups in total. The van der Waals surface area contributed by atoms with Crippen molar-refractivity contribution in [1.82, 2.24) is 0 Å². The maximum Gasteiger partial charge on any atom is 0.417 e. The van der Waals surface area contributed by atoms with E-state index in [9.17, 15) is 18.0 Å². The number of aliphatic hydroxyl groups excluding tert-OH is 2. The number of rotatable bonds is 4. The van der Waals surface area contributed by atoms with Gasteiger partial charge >= 0.3 is 12.1 Å². The molecule has 14 heavy (non-hydrogen) atoms. The van der Waals surface area contributed by atoms with Gasteiger partial charge in [0.15, 0.2) is 6.10 Å². The average Bonchev–Trinajstić information content (AvgIpc) is 2.10. The molecule has 0 rings (SSSR count). The van der Waals surface area contributed by atoms with Crippen LogP contribution in [0, 0.1) is 0 Å². The van der Waals surface area contributed by atoms with E-state index < -0.39 is 31.0 Å². The molecule has 4 nitrogen and oxygen atoms in total. The summed E-state index contributed by atoms with van der Waals surface area (Å²) in [4.78, 5) is 10.5. The second-order valence-electron chi connectivity index (χ2n) is 2.59. The largest absolute Gasteiger partial charge is 0.463 e. The highest BCUT2D eigenvalue weighted by molar-refractivity contribution is 5.68.